The molecule has 0 unspecified atom stereocenters. The quantitative estimate of drug-likeness (QED) is 0.463. The summed E-state index contributed by atoms with van der Waals surface area (Å²) in [7, 11) is 0. The number of carbonyl (C=O) groups excluding carboxylic acids is 1. The Morgan fingerprint density at radius 2 is 1.72 bits per heavy atom. The number of hydrogen-bond acceptors (Lipinski definition) is 2. The summed E-state index contributed by atoms with van der Waals surface area (Å²) in [4.78, 5) is 27.1. The standard InChI is InChI=1S/C22H16Cl2N2O3/c1-10-18(25-11(2)20(10)22(28)29)9-17-16-4-3-12(7-19(16)26-21(17)27)13-5-14(23)8-15(24)6-13/h3-9,25H,1-2H3,(H,26,27)(H,28,29)/b17-9-. The maximum Gasteiger partial charge on any atom is 0.337 e. The zero-order valence-corrected chi connectivity index (χ0v) is 17.1. The molecule has 0 saturated heterocycles. The van der Waals surface area contributed by atoms with E-state index in [2.05, 4.69) is 10.3 Å². The van der Waals surface area contributed by atoms with Crippen LogP contribution in [0.2, 0.25) is 10.0 Å². The van der Waals surface area contributed by atoms with Crippen molar-refractivity contribution in [3.05, 3.63) is 74.5 Å². The van der Waals surface area contributed by atoms with Crippen molar-refractivity contribution in [3.63, 3.8) is 0 Å². The second kappa shape index (κ2) is 7.10. The first kappa shape index (κ1) is 19.3. The van der Waals surface area contributed by atoms with Crippen molar-refractivity contribution in [2.75, 3.05) is 5.32 Å². The molecular formula is C22H16Cl2N2O3. The van der Waals surface area contributed by atoms with Gasteiger partial charge in [0.05, 0.1) is 11.1 Å². The van der Waals surface area contributed by atoms with Crippen molar-refractivity contribution < 1.29 is 14.7 Å². The number of rotatable bonds is 3. The van der Waals surface area contributed by atoms with Crippen LogP contribution in [-0.4, -0.2) is 22.0 Å². The lowest BCUT2D eigenvalue weighted by Crippen LogP contribution is -2.03. The Bertz CT molecular complexity index is 1200. The Morgan fingerprint density at radius 1 is 1.03 bits per heavy atom. The highest BCUT2D eigenvalue weighted by molar-refractivity contribution is 6.36. The minimum atomic E-state index is -0.998. The number of carboxylic acid groups (broad SMARTS) is 1. The Hall–Kier alpha value is -3.02. The second-order valence-corrected chi connectivity index (χ2v) is 7.77. The topological polar surface area (TPSA) is 82.2 Å². The van der Waals surface area contributed by atoms with Crippen LogP contribution in [0.3, 0.4) is 0 Å². The summed E-state index contributed by atoms with van der Waals surface area (Å²) in [5, 5.41) is 13.3. The fourth-order valence-corrected chi connectivity index (χ4v) is 4.15. The van der Waals surface area contributed by atoms with Crippen molar-refractivity contribution in [1.82, 2.24) is 4.98 Å². The van der Waals surface area contributed by atoms with Gasteiger partial charge in [0.2, 0.25) is 0 Å². The van der Waals surface area contributed by atoms with Crippen LogP contribution in [0.1, 0.15) is 32.9 Å². The van der Waals surface area contributed by atoms with Crippen LogP contribution in [0, 0.1) is 13.8 Å². The largest absolute Gasteiger partial charge is 0.478 e. The molecule has 1 aromatic heterocycles. The van der Waals surface area contributed by atoms with Crippen LogP contribution in [0.4, 0.5) is 5.69 Å². The summed E-state index contributed by atoms with van der Waals surface area (Å²) in [5.74, 6) is -1.24. The van der Waals surface area contributed by atoms with E-state index in [9.17, 15) is 14.7 Å². The van der Waals surface area contributed by atoms with Crippen molar-refractivity contribution in [1.29, 1.82) is 0 Å². The molecule has 3 N–H and O–H groups in total. The number of halogens is 2. The number of carbonyl (C=O) groups is 2. The van der Waals surface area contributed by atoms with E-state index in [1.165, 1.54) is 0 Å². The van der Waals surface area contributed by atoms with E-state index < -0.39 is 5.97 Å². The fourth-order valence-electron chi connectivity index (χ4n) is 3.62. The van der Waals surface area contributed by atoms with E-state index in [1.807, 2.05) is 18.2 Å². The lowest BCUT2D eigenvalue weighted by molar-refractivity contribution is -0.110. The van der Waals surface area contributed by atoms with E-state index >= 15 is 0 Å². The number of hydrogen-bond donors (Lipinski definition) is 3. The average molecular weight is 427 g/mol. The van der Waals surface area contributed by atoms with Gasteiger partial charge in [-0.2, -0.15) is 0 Å². The minimum Gasteiger partial charge on any atom is -0.478 e. The lowest BCUT2D eigenvalue weighted by Gasteiger charge is -2.06. The first-order valence-electron chi connectivity index (χ1n) is 8.81. The van der Waals surface area contributed by atoms with Gasteiger partial charge in [0, 0.05) is 32.7 Å². The molecule has 1 aliphatic rings. The van der Waals surface area contributed by atoms with Crippen LogP contribution < -0.4 is 5.32 Å². The highest BCUT2D eigenvalue weighted by Gasteiger charge is 2.26. The van der Waals surface area contributed by atoms with E-state index in [0.717, 1.165) is 16.7 Å². The zero-order valence-electron chi connectivity index (χ0n) is 15.6. The number of aromatic nitrogens is 1. The van der Waals surface area contributed by atoms with Crippen molar-refractivity contribution in [3.8, 4) is 11.1 Å². The molecule has 2 heterocycles. The van der Waals surface area contributed by atoms with Gasteiger partial charge in [-0.3, -0.25) is 4.79 Å². The van der Waals surface area contributed by atoms with Gasteiger partial charge >= 0.3 is 5.97 Å². The van der Waals surface area contributed by atoms with Crippen LogP contribution in [0.15, 0.2) is 36.4 Å². The minimum absolute atomic E-state index is 0.226. The highest BCUT2D eigenvalue weighted by Crippen LogP contribution is 2.37. The van der Waals surface area contributed by atoms with Gasteiger partial charge in [-0.05, 0) is 60.9 Å². The molecule has 1 aliphatic heterocycles. The van der Waals surface area contributed by atoms with E-state index in [4.69, 9.17) is 23.2 Å². The SMILES string of the molecule is Cc1[nH]c(/C=C2\C(=O)Nc3cc(-c4cc(Cl)cc(Cl)c4)ccc32)c(C)c1C(=O)O. The van der Waals surface area contributed by atoms with Crippen LogP contribution >= 0.6 is 23.2 Å². The highest BCUT2D eigenvalue weighted by atomic mass is 35.5. The number of fused-ring (bicyclic) bond motifs is 1. The summed E-state index contributed by atoms with van der Waals surface area (Å²) in [6, 6.07) is 10.9. The molecule has 0 aliphatic carbocycles. The molecule has 0 fully saturated rings. The molecule has 1 amide bonds. The van der Waals surface area contributed by atoms with Gasteiger partial charge in [0.15, 0.2) is 0 Å². The maximum atomic E-state index is 12.6. The molecular weight excluding hydrogens is 411 g/mol. The Kier molecular flexibility index (Phi) is 4.73. The maximum absolute atomic E-state index is 12.6. The molecule has 5 nitrogen and oxygen atoms in total. The van der Waals surface area contributed by atoms with Gasteiger partial charge in [0.1, 0.15) is 0 Å². The summed E-state index contributed by atoms with van der Waals surface area (Å²) in [6.45, 7) is 3.42. The van der Waals surface area contributed by atoms with Crippen LogP contribution in [0.25, 0.3) is 22.8 Å². The molecule has 0 saturated carbocycles. The van der Waals surface area contributed by atoms with Gasteiger partial charge in [-0.25, -0.2) is 4.79 Å². The predicted octanol–water partition coefficient (Wildman–Crippen LogP) is 5.80. The number of aromatic amines is 1. The van der Waals surface area contributed by atoms with Crippen LogP contribution in [-0.2, 0) is 4.79 Å². The molecule has 7 heteroatoms. The molecule has 0 spiro atoms. The third-order valence-electron chi connectivity index (χ3n) is 4.98. The Labute approximate surface area is 177 Å². The molecule has 146 valence electrons. The molecule has 2 aromatic carbocycles. The van der Waals surface area contributed by atoms with Crippen LogP contribution in [0.5, 0.6) is 0 Å². The van der Waals surface area contributed by atoms with E-state index in [-0.39, 0.29) is 11.5 Å². The van der Waals surface area contributed by atoms with Gasteiger partial charge in [-0.15, -0.1) is 0 Å². The van der Waals surface area contributed by atoms with Gasteiger partial charge in [0.25, 0.3) is 5.91 Å². The average Bonchev–Trinajstić information content (AvgIpc) is 3.09. The first-order valence-corrected chi connectivity index (χ1v) is 9.56. The number of benzene rings is 2. The monoisotopic (exact) mass is 426 g/mol. The molecule has 3 aromatic rings. The number of carboxylic acids is 1. The molecule has 4 rings (SSSR count). The number of H-pyrrole nitrogens is 1. The second-order valence-electron chi connectivity index (χ2n) is 6.90. The summed E-state index contributed by atoms with van der Waals surface area (Å²) < 4.78 is 0. The summed E-state index contributed by atoms with van der Waals surface area (Å²) >= 11 is 12.2. The van der Waals surface area contributed by atoms with Crippen molar-refractivity contribution in [2.45, 2.75) is 13.8 Å². The predicted molar refractivity (Wildman–Crippen MR) is 116 cm³/mol. The molecule has 29 heavy (non-hydrogen) atoms. The van der Waals surface area contributed by atoms with Gasteiger partial charge < -0.3 is 15.4 Å². The summed E-state index contributed by atoms with van der Waals surface area (Å²) in [6.07, 6.45) is 1.69. The number of aromatic carboxylic acids is 1. The lowest BCUT2D eigenvalue weighted by atomic mass is 9.99. The fraction of sp³-hybridized carbons (Fsp3) is 0.0909. The van der Waals surface area contributed by atoms with Crippen molar-refractivity contribution >= 4 is 52.4 Å². The van der Waals surface area contributed by atoms with Gasteiger partial charge in [-0.1, -0.05) is 35.3 Å². The zero-order chi connectivity index (χ0) is 20.9. The normalized spacial score (nSPS) is 14.2. The third kappa shape index (κ3) is 3.43. The molecule has 0 radical (unpaired) electrons. The van der Waals surface area contributed by atoms with E-state index in [0.29, 0.717) is 38.3 Å². The number of nitrogens with one attached hydrogen (secondary N) is 2. The number of amides is 1. The number of aryl methyl sites for hydroxylation is 1. The molecule has 0 bridgehead atoms. The smallest absolute Gasteiger partial charge is 0.337 e. The molecule has 0 atom stereocenters. The first-order chi connectivity index (χ1) is 13.7. The van der Waals surface area contributed by atoms with E-state index in [1.54, 1.807) is 38.1 Å². The van der Waals surface area contributed by atoms with Crippen molar-refractivity contribution in [2.24, 2.45) is 0 Å². The Balaban J connectivity index is 1.77. The Morgan fingerprint density at radius 3 is 2.34 bits per heavy atom. The summed E-state index contributed by atoms with van der Waals surface area (Å²) in [5.41, 5.74) is 5.57. The third-order valence-corrected chi connectivity index (χ3v) is 5.41. The number of anilines is 1.